The van der Waals surface area contributed by atoms with Gasteiger partial charge in [0, 0.05) is 22.0 Å². The van der Waals surface area contributed by atoms with Crippen molar-refractivity contribution in [3.63, 3.8) is 0 Å². The number of pyridine rings is 1. The Morgan fingerprint density at radius 1 is 1.15 bits per heavy atom. The Kier molecular flexibility index (Phi) is 4.12. The minimum absolute atomic E-state index is 0.336. The van der Waals surface area contributed by atoms with Crippen LogP contribution in [0.1, 0.15) is 6.42 Å². The molecule has 3 nitrogen and oxygen atoms in total. The van der Waals surface area contributed by atoms with Crippen LogP contribution in [-0.4, -0.2) is 18.2 Å². The number of benzene rings is 1. The molecule has 3 rings (SSSR count). The SMILES string of the molecule is Fc1cc(Br)cnc1Sc1ccc2c(c1)OCCCO2. The van der Waals surface area contributed by atoms with Crippen molar-refractivity contribution in [2.45, 2.75) is 16.3 Å². The van der Waals surface area contributed by atoms with Crippen LogP contribution in [-0.2, 0) is 0 Å². The van der Waals surface area contributed by atoms with Crippen LogP contribution in [0.2, 0.25) is 0 Å². The first kappa shape index (κ1) is 13.7. The van der Waals surface area contributed by atoms with Crippen molar-refractivity contribution in [2.24, 2.45) is 0 Å². The third-order valence-corrected chi connectivity index (χ3v) is 4.12. The summed E-state index contributed by atoms with van der Waals surface area (Å²) in [5.74, 6) is 1.08. The van der Waals surface area contributed by atoms with Crippen LogP contribution in [0.4, 0.5) is 4.39 Å². The lowest BCUT2D eigenvalue weighted by Gasteiger charge is -2.09. The molecule has 0 amide bonds. The number of aromatic nitrogens is 1. The lowest BCUT2D eigenvalue weighted by atomic mass is 10.3. The first-order valence-corrected chi connectivity index (χ1v) is 7.72. The maximum absolute atomic E-state index is 13.8. The summed E-state index contributed by atoms with van der Waals surface area (Å²) >= 11 is 4.45. The maximum Gasteiger partial charge on any atom is 0.162 e. The molecule has 0 unspecified atom stereocenters. The predicted octanol–water partition coefficient (Wildman–Crippen LogP) is 4.30. The molecule has 0 N–H and O–H groups in total. The zero-order valence-electron chi connectivity index (χ0n) is 10.4. The highest BCUT2D eigenvalue weighted by atomic mass is 79.9. The Labute approximate surface area is 128 Å². The van der Waals surface area contributed by atoms with Crippen LogP contribution < -0.4 is 9.47 Å². The van der Waals surface area contributed by atoms with Crippen LogP contribution in [0, 0.1) is 5.82 Å². The summed E-state index contributed by atoms with van der Waals surface area (Å²) in [6, 6.07) is 6.98. The van der Waals surface area contributed by atoms with Crippen molar-refractivity contribution in [1.29, 1.82) is 0 Å². The Hall–Kier alpha value is -1.27. The van der Waals surface area contributed by atoms with E-state index >= 15 is 0 Å². The van der Waals surface area contributed by atoms with E-state index in [4.69, 9.17) is 9.47 Å². The summed E-state index contributed by atoms with van der Waals surface area (Å²) in [6.45, 7) is 1.29. The third-order valence-electron chi connectivity index (χ3n) is 2.71. The molecular formula is C14H11BrFNO2S. The van der Waals surface area contributed by atoms with Gasteiger partial charge in [0.05, 0.1) is 13.2 Å². The number of rotatable bonds is 2. The normalized spacial score (nSPS) is 13.9. The second-order valence-electron chi connectivity index (χ2n) is 4.20. The van der Waals surface area contributed by atoms with E-state index in [0.29, 0.717) is 28.5 Å². The predicted molar refractivity (Wildman–Crippen MR) is 78.1 cm³/mol. The van der Waals surface area contributed by atoms with Crippen molar-refractivity contribution in [3.8, 4) is 11.5 Å². The first-order chi connectivity index (χ1) is 9.72. The minimum atomic E-state index is -0.350. The molecule has 20 heavy (non-hydrogen) atoms. The number of nitrogens with zero attached hydrogens (tertiary/aromatic N) is 1. The van der Waals surface area contributed by atoms with Crippen LogP contribution in [0.5, 0.6) is 11.5 Å². The molecule has 2 heterocycles. The largest absolute Gasteiger partial charge is 0.490 e. The number of hydrogen-bond donors (Lipinski definition) is 0. The molecule has 0 fully saturated rings. The molecular weight excluding hydrogens is 345 g/mol. The average molecular weight is 356 g/mol. The number of hydrogen-bond acceptors (Lipinski definition) is 4. The molecule has 6 heteroatoms. The fourth-order valence-corrected chi connectivity index (χ4v) is 2.89. The van der Waals surface area contributed by atoms with Crippen molar-refractivity contribution in [3.05, 3.63) is 40.8 Å². The van der Waals surface area contributed by atoms with Crippen molar-refractivity contribution in [2.75, 3.05) is 13.2 Å². The van der Waals surface area contributed by atoms with Gasteiger partial charge in [-0.15, -0.1) is 0 Å². The Balaban J connectivity index is 1.86. The maximum atomic E-state index is 13.8. The van der Waals surface area contributed by atoms with E-state index in [2.05, 4.69) is 20.9 Å². The fourth-order valence-electron chi connectivity index (χ4n) is 1.80. The third kappa shape index (κ3) is 3.07. The molecule has 0 aliphatic carbocycles. The van der Waals surface area contributed by atoms with Gasteiger partial charge in [0.15, 0.2) is 17.3 Å². The second kappa shape index (κ2) is 6.01. The zero-order chi connectivity index (χ0) is 13.9. The van der Waals surface area contributed by atoms with Crippen molar-refractivity contribution >= 4 is 27.7 Å². The highest BCUT2D eigenvalue weighted by Crippen LogP contribution is 2.36. The van der Waals surface area contributed by atoms with E-state index in [1.807, 2.05) is 18.2 Å². The van der Waals surface area contributed by atoms with Gasteiger partial charge in [-0.25, -0.2) is 9.37 Å². The van der Waals surface area contributed by atoms with Crippen molar-refractivity contribution in [1.82, 2.24) is 4.98 Å². The summed E-state index contributed by atoms with van der Waals surface area (Å²) in [6.07, 6.45) is 2.44. The summed E-state index contributed by atoms with van der Waals surface area (Å²) < 4.78 is 25.6. The summed E-state index contributed by atoms with van der Waals surface area (Å²) in [4.78, 5) is 4.94. The van der Waals surface area contributed by atoms with E-state index in [1.165, 1.54) is 17.8 Å². The van der Waals surface area contributed by atoms with Gasteiger partial charge >= 0.3 is 0 Å². The molecule has 104 valence electrons. The highest BCUT2D eigenvalue weighted by molar-refractivity contribution is 9.10. The number of fused-ring (bicyclic) bond motifs is 1. The summed E-state index contributed by atoms with van der Waals surface area (Å²) in [5, 5.41) is 0.336. The van der Waals surface area contributed by atoms with Crippen LogP contribution in [0.25, 0.3) is 0 Å². The van der Waals surface area contributed by atoms with Crippen molar-refractivity contribution < 1.29 is 13.9 Å². The lowest BCUT2D eigenvalue weighted by molar-refractivity contribution is 0.297. The van der Waals surface area contributed by atoms with Gasteiger partial charge in [0.1, 0.15) is 5.03 Å². The molecule has 1 aromatic carbocycles. The smallest absolute Gasteiger partial charge is 0.162 e. The van der Waals surface area contributed by atoms with Gasteiger partial charge in [-0.05, 0) is 40.2 Å². The van der Waals surface area contributed by atoms with Gasteiger partial charge in [-0.3, -0.25) is 0 Å². The fraction of sp³-hybridized carbons (Fsp3) is 0.214. The van der Waals surface area contributed by atoms with E-state index in [1.54, 1.807) is 6.20 Å². The number of halogens is 2. The van der Waals surface area contributed by atoms with Gasteiger partial charge in [0.25, 0.3) is 0 Å². The molecule has 0 saturated heterocycles. The van der Waals surface area contributed by atoms with Gasteiger partial charge in [0.2, 0.25) is 0 Å². The molecule has 0 saturated carbocycles. The molecule has 1 aromatic heterocycles. The standard InChI is InChI=1S/C14H11BrFNO2S/c15-9-6-11(16)14(17-8-9)20-10-2-3-12-13(7-10)19-5-1-4-18-12/h2-3,6-8H,1,4-5H2. The molecule has 1 aliphatic rings. The second-order valence-corrected chi connectivity index (χ2v) is 6.18. The van der Waals surface area contributed by atoms with E-state index in [-0.39, 0.29) is 5.82 Å². The monoisotopic (exact) mass is 355 g/mol. The Morgan fingerprint density at radius 3 is 2.75 bits per heavy atom. The molecule has 0 atom stereocenters. The molecule has 2 aromatic rings. The van der Waals surface area contributed by atoms with Crippen LogP contribution in [0.15, 0.2) is 44.9 Å². The number of ether oxygens (including phenoxy) is 2. The zero-order valence-corrected chi connectivity index (χ0v) is 12.8. The molecule has 0 radical (unpaired) electrons. The Morgan fingerprint density at radius 2 is 1.95 bits per heavy atom. The van der Waals surface area contributed by atoms with Crippen LogP contribution in [0.3, 0.4) is 0 Å². The lowest BCUT2D eigenvalue weighted by Crippen LogP contribution is -1.97. The Bertz CT molecular complexity index is 639. The van der Waals surface area contributed by atoms with E-state index in [0.717, 1.165) is 17.1 Å². The summed E-state index contributed by atoms with van der Waals surface area (Å²) in [7, 11) is 0. The topological polar surface area (TPSA) is 31.4 Å². The van der Waals surface area contributed by atoms with Gasteiger partial charge in [-0.2, -0.15) is 0 Å². The molecule has 0 spiro atoms. The van der Waals surface area contributed by atoms with Crippen LogP contribution >= 0.6 is 27.7 Å². The first-order valence-electron chi connectivity index (χ1n) is 6.11. The van der Waals surface area contributed by atoms with Gasteiger partial charge < -0.3 is 9.47 Å². The van der Waals surface area contributed by atoms with Gasteiger partial charge in [-0.1, -0.05) is 11.8 Å². The van der Waals surface area contributed by atoms with E-state index < -0.39 is 0 Å². The quantitative estimate of drug-likeness (QED) is 0.803. The molecule has 0 bridgehead atoms. The average Bonchev–Trinajstić information content (AvgIpc) is 2.66. The minimum Gasteiger partial charge on any atom is -0.490 e. The summed E-state index contributed by atoms with van der Waals surface area (Å²) in [5.41, 5.74) is 0. The molecule has 1 aliphatic heterocycles. The van der Waals surface area contributed by atoms with E-state index in [9.17, 15) is 4.39 Å². The highest BCUT2D eigenvalue weighted by Gasteiger charge is 2.13.